The molecule has 3 rings (SSSR count). The van der Waals surface area contributed by atoms with E-state index in [0.29, 0.717) is 28.4 Å². The second kappa shape index (κ2) is 8.96. The average molecular weight is 407 g/mol. The fourth-order valence-electron chi connectivity index (χ4n) is 2.35. The van der Waals surface area contributed by atoms with E-state index in [4.69, 9.17) is 4.74 Å². The number of benzene rings is 1. The number of halogens is 1. The van der Waals surface area contributed by atoms with Crippen LogP contribution in [0.25, 0.3) is 0 Å². The summed E-state index contributed by atoms with van der Waals surface area (Å²) in [7, 11) is 0. The Labute approximate surface area is 164 Å². The molecule has 0 radical (unpaired) electrons. The summed E-state index contributed by atoms with van der Waals surface area (Å²) >= 11 is 2.66. The predicted molar refractivity (Wildman–Crippen MR) is 103 cm³/mol. The summed E-state index contributed by atoms with van der Waals surface area (Å²) in [5, 5.41) is 14.1. The van der Waals surface area contributed by atoms with E-state index in [1.165, 1.54) is 35.2 Å². The second-order valence-corrected chi connectivity index (χ2v) is 7.31. The molecule has 1 atom stereocenters. The normalized spacial score (nSPS) is 12.0. The highest BCUT2D eigenvalue weighted by atomic mass is 32.2. The molecule has 2 aromatic heterocycles. The van der Waals surface area contributed by atoms with Crippen molar-refractivity contribution in [3.63, 3.8) is 0 Å². The minimum Gasteiger partial charge on any atom is -0.483 e. The van der Waals surface area contributed by atoms with Crippen molar-refractivity contribution in [2.75, 3.05) is 11.1 Å². The first-order valence-electron chi connectivity index (χ1n) is 8.24. The number of anilines is 1. The number of aromatic nitrogens is 4. The van der Waals surface area contributed by atoms with Gasteiger partial charge in [-0.1, -0.05) is 11.8 Å². The van der Waals surface area contributed by atoms with Crippen LogP contribution in [-0.4, -0.2) is 31.4 Å². The van der Waals surface area contributed by atoms with E-state index in [1.807, 2.05) is 18.4 Å². The lowest BCUT2D eigenvalue weighted by molar-refractivity contribution is -0.113. The fourth-order valence-corrected chi connectivity index (χ4v) is 3.70. The largest absolute Gasteiger partial charge is 0.483 e. The molecule has 1 aromatic carbocycles. The molecule has 2 heterocycles. The SMILES string of the molecule is CCn1c(SCC(=O)Nc2nccs2)nnc1C(C)Oc1ccc(F)cc1. The summed E-state index contributed by atoms with van der Waals surface area (Å²) < 4.78 is 20.7. The van der Waals surface area contributed by atoms with Gasteiger partial charge in [-0.2, -0.15) is 0 Å². The van der Waals surface area contributed by atoms with E-state index in [0.717, 1.165) is 0 Å². The van der Waals surface area contributed by atoms with Crippen LogP contribution in [0.3, 0.4) is 0 Å². The van der Waals surface area contributed by atoms with Gasteiger partial charge < -0.3 is 14.6 Å². The number of hydrogen-bond acceptors (Lipinski definition) is 7. The summed E-state index contributed by atoms with van der Waals surface area (Å²) in [6.45, 7) is 4.45. The Bertz CT molecular complexity index is 883. The fraction of sp³-hybridized carbons (Fsp3) is 0.294. The third kappa shape index (κ3) is 5.04. The van der Waals surface area contributed by atoms with Gasteiger partial charge in [-0.25, -0.2) is 9.37 Å². The lowest BCUT2D eigenvalue weighted by atomic mass is 10.3. The Hall–Kier alpha value is -2.46. The maximum absolute atomic E-state index is 13.0. The van der Waals surface area contributed by atoms with Crippen LogP contribution in [0.15, 0.2) is 41.0 Å². The minimum absolute atomic E-state index is 0.155. The Morgan fingerprint density at radius 1 is 1.37 bits per heavy atom. The van der Waals surface area contributed by atoms with Crippen LogP contribution in [0.1, 0.15) is 25.8 Å². The van der Waals surface area contributed by atoms with Crippen LogP contribution in [-0.2, 0) is 11.3 Å². The van der Waals surface area contributed by atoms with E-state index >= 15 is 0 Å². The molecular formula is C17H18FN5O2S2. The number of thioether (sulfide) groups is 1. The summed E-state index contributed by atoms with van der Waals surface area (Å²) in [6.07, 6.45) is 1.26. The first-order valence-corrected chi connectivity index (χ1v) is 10.1. The number of amides is 1. The molecule has 0 aliphatic carbocycles. The van der Waals surface area contributed by atoms with Crippen LogP contribution in [0.4, 0.5) is 9.52 Å². The lowest BCUT2D eigenvalue weighted by Crippen LogP contribution is -2.15. The molecule has 1 amide bonds. The van der Waals surface area contributed by atoms with Crippen LogP contribution >= 0.6 is 23.1 Å². The van der Waals surface area contributed by atoms with E-state index in [1.54, 1.807) is 23.7 Å². The van der Waals surface area contributed by atoms with Crippen molar-refractivity contribution in [3.8, 4) is 5.75 Å². The number of thiazole rings is 1. The second-order valence-electron chi connectivity index (χ2n) is 5.47. The molecule has 10 heteroatoms. The smallest absolute Gasteiger partial charge is 0.236 e. The number of hydrogen-bond donors (Lipinski definition) is 1. The van der Waals surface area contributed by atoms with Gasteiger partial charge in [-0.05, 0) is 38.1 Å². The van der Waals surface area contributed by atoms with Gasteiger partial charge in [0, 0.05) is 18.1 Å². The maximum Gasteiger partial charge on any atom is 0.236 e. The molecule has 0 saturated carbocycles. The predicted octanol–water partition coefficient (Wildman–Crippen LogP) is 3.76. The van der Waals surface area contributed by atoms with Gasteiger partial charge in [0.05, 0.1) is 5.75 Å². The molecule has 1 N–H and O–H groups in total. The van der Waals surface area contributed by atoms with Gasteiger partial charge in [0.2, 0.25) is 5.91 Å². The van der Waals surface area contributed by atoms with Crippen LogP contribution < -0.4 is 10.1 Å². The van der Waals surface area contributed by atoms with Gasteiger partial charge in [-0.3, -0.25) is 4.79 Å². The van der Waals surface area contributed by atoms with Crippen molar-refractivity contribution >= 4 is 34.1 Å². The zero-order valence-corrected chi connectivity index (χ0v) is 16.4. The first-order chi connectivity index (χ1) is 13.1. The number of nitrogens with zero attached hydrogens (tertiary/aromatic N) is 4. The lowest BCUT2D eigenvalue weighted by Gasteiger charge is -2.15. The molecule has 0 saturated heterocycles. The van der Waals surface area contributed by atoms with E-state index < -0.39 is 0 Å². The van der Waals surface area contributed by atoms with Crippen molar-refractivity contribution < 1.29 is 13.9 Å². The van der Waals surface area contributed by atoms with Crippen LogP contribution in [0, 0.1) is 5.82 Å². The van der Waals surface area contributed by atoms with Crippen molar-refractivity contribution in [1.29, 1.82) is 0 Å². The molecule has 0 spiro atoms. The van der Waals surface area contributed by atoms with Gasteiger partial charge in [0.15, 0.2) is 22.2 Å². The average Bonchev–Trinajstić information content (AvgIpc) is 3.31. The van der Waals surface area contributed by atoms with Crippen LogP contribution in [0.2, 0.25) is 0 Å². The molecule has 1 unspecified atom stereocenters. The Morgan fingerprint density at radius 2 is 2.15 bits per heavy atom. The number of rotatable bonds is 8. The highest BCUT2D eigenvalue weighted by Crippen LogP contribution is 2.25. The van der Waals surface area contributed by atoms with E-state index in [-0.39, 0.29) is 23.6 Å². The molecule has 0 aliphatic rings. The van der Waals surface area contributed by atoms with Gasteiger partial charge in [0.1, 0.15) is 11.6 Å². The zero-order chi connectivity index (χ0) is 19.2. The van der Waals surface area contributed by atoms with Crippen molar-refractivity contribution in [2.45, 2.75) is 31.7 Å². The van der Waals surface area contributed by atoms with E-state index in [2.05, 4.69) is 20.5 Å². The molecule has 3 aromatic rings. The zero-order valence-electron chi connectivity index (χ0n) is 14.8. The van der Waals surface area contributed by atoms with Gasteiger partial charge >= 0.3 is 0 Å². The summed E-state index contributed by atoms with van der Waals surface area (Å²) in [6, 6.07) is 5.82. The number of carbonyl (C=O) groups is 1. The highest BCUT2D eigenvalue weighted by Gasteiger charge is 2.19. The summed E-state index contributed by atoms with van der Waals surface area (Å²) in [5.41, 5.74) is 0. The van der Waals surface area contributed by atoms with Crippen molar-refractivity contribution in [1.82, 2.24) is 19.7 Å². The number of ether oxygens (including phenoxy) is 1. The topological polar surface area (TPSA) is 81.9 Å². The molecular weight excluding hydrogens is 389 g/mol. The third-order valence-corrected chi connectivity index (χ3v) is 5.22. The first kappa shape index (κ1) is 19.3. The highest BCUT2D eigenvalue weighted by molar-refractivity contribution is 7.99. The number of carbonyl (C=O) groups excluding carboxylic acids is 1. The Morgan fingerprint density at radius 3 is 2.81 bits per heavy atom. The molecule has 27 heavy (non-hydrogen) atoms. The molecule has 0 bridgehead atoms. The standard InChI is InChI=1S/C17H18FN5O2S2/c1-3-23-15(11(2)25-13-6-4-12(18)5-7-13)21-22-17(23)27-10-14(24)20-16-19-8-9-26-16/h4-9,11H,3,10H2,1-2H3,(H,19,20,24). The summed E-state index contributed by atoms with van der Waals surface area (Å²) in [4.78, 5) is 16.0. The third-order valence-electron chi connectivity index (χ3n) is 3.56. The van der Waals surface area contributed by atoms with Crippen molar-refractivity contribution in [3.05, 3.63) is 47.5 Å². The quantitative estimate of drug-likeness (QED) is 0.573. The Balaban J connectivity index is 1.63. The van der Waals surface area contributed by atoms with Crippen molar-refractivity contribution in [2.24, 2.45) is 0 Å². The maximum atomic E-state index is 13.0. The Kier molecular flexibility index (Phi) is 6.40. The molecule has 0 aliphatic heterocycles. The van der Waals surface area contributed by atoms with E-state index in [9.17, 15) is 9.18 Å². The molecule has 0 fully saturated rings. The summed E-state index contributed by atoms with van der Waals surface area (Å²) in [5.74, 6) is 0.917. The molecule has 7 nitrogen and oxygen atoms in total. The monoisotopic (exact) mass is 407 g/mol. The van der Waals surface area contributed by atoms with Crippen LogP contribution in [0.5, 0.6) is 5.75 Å². The van der Waals surface area contributed by atoms with Gasteiger partial charge in [-0.15, -0.1) is 21.5 Å². The van der Waals surface area contributed by atoms with Gasteiger partial charge in [0.25, 0.3) is 0 Å². The minimum atomic E-state index is -0.374. The number of nitrogens with one attached hydrogen (secondary N) is 1. The molecule has 142 valence electrons.